The van der Waals surface area contributed by atoms with E-state index in [9.17, 15) is 4.79 Å². The lowest BCUT2D eigenvalue weighted by atomic mass is 10.2. The van der Waals surface area contributed by atoms with Gasteiger partial charge >= 0.3 is 0 Å². The summed E-state index contributed by atoms with van der Waals surface area (Å²) in [5, 5.41) is 14.2. The second-order valence-corrected chi connectivity index (χ2v) is 3.05. The fraction of sp³-hybridized carbons (Fsp3) is 0.700. The summed E-state index contributed by atoms with van der Waals surface area (Å²) in [7, 11) is 0. The smallest absolute Gasteiger partial charge is 0.233 e. The van der Waals surface area contributed by atoms with Gasteiger partial charge in [0.1, 0.15) is 0 Å². The lowest BCUT2D eigenvalue weighted by molar-refractivity contribution is -0.120. The normalized spacial score (nSPS) is 9.79. The zero-order valence-electron chi connectivity index (χ0n) is 8.59. The van der Waals surface area contributed by atoms with Gasteiger partial charge < -0.3 is 15.7 Å². The Morgan fingerprint density at radius 2 is 2.14 bits per heavy atom. The number of hydrogen-bond donors (Lipinski definition) is 3. The molecule has 0 aliphatic heterocycles. The van der Waals surface area contributed by atoms with Crippen LogP contribution in [0.1, 0.15) is 19.3 Å². The Kier molecular flexibility index (Phi) is 9.58. The predicted molar refractivity (Wildman–Crippen MR) is 57.0 cm³/mol. The Morgan fingerprint density at radius 1 is 1.36 bits per heavy atom. The van der Waals surface area contributed by atoms with Gasteiger partial charge in [0.25, 0.3) is 0 Å². The summed E-state index contributed by atoms with van der Waals surface area (Å²) in [6.45, 7) is 5.45. The van der Waals surface area contributed by atoms with Gasteiger partial charge in [-0.1, -0.05) is 6.08 Å². The van der Waals surface area contributed by atoms with Gasteiger partial charge in [-0.3, -0.25) is 4.79 Å². The lowest BCUT2D eigenvalue weighted by Crippen LogP contribution is -2.34. The molecule has 0 heterocycles. The Hall–Kier alpha value is -0.870. The molecule has 0 aromatic heterocycles. The number of carbonyl (C=O) groups is 1. The van der Waals surface area contributed by atoms with Crippen molar-refractivity contribution in [2.24, 2.45) is 0 Å². The average Bonchev–Trinajstić information content (AvgIpc) is 2.18. The number of aliphatic hydroxyl groups excluding tert-OH is 1. The Bertz CT molecular complexity index is 160. The van der Waals surface area contributed by atoms with Crippen molar-refractivity contribution < 1.29 is 9.90 Å². The second kappa shape index (κ2) is 10.2. The molecule has 0 atom stereocenters. The molecule has 0 aromatic rings. The van der Waals surface area contributed by atoms with Crippen LogP contribution in [0.4, 0.5) is 0 Å². The van der Waals surface area contributed by atoms with E-state index in [2.05, 4.69) is 17.2 Å². The van der Waals surface area contributed by atoms with Crippen LogP contribution in [0.5, 0.6) is 0 Å². The minimum Gasteiger partial charge on any atom is -0.396 e. The second-order valence-electron chi connectivity index (χ2n) is 3.05. The van der Waals surface area contributed by atoms with Crippen molar-refractivity contribution in [3.8, 4) is 0 Å². The molecule has 14 heavy (non-hydrogen) atoms. The highest BCUT2D eigenvalue weighted by molar-refractivity contribution is 5.77. The monoisotopic (exact) mass is 200 g/mol. The van der Waals surface area contributed by atoms with E-state index in [1.807, 2.05) is 0 Å². The summed E-state index contributed by atoms with van der Waals surface area (Å²) in [5.41, 5.74) is 0. The molecule has 82 valence electrons. The molecule has 1 amide bonds. The molecular weight excluding hydrogens is 180 g/mol. The highest BCUT2D eigenvalue weighted by atomic mass is 16.2. The van der Waals surface area contributed by atoms with Gasteiger partial charge in [0, 0.05) is 19.7 Å². The molecule has 0 fully saturated rings. The first-order valence-corrected chi connectivity index (χ1v) is 5.00. The number of amides is 1. The average molecular weight is 200 g/mol. The van der Waals surface area contributed by atoms with Crippen LogP contribution in [-0.2, 0) is 4.79 Å². The van der Waals surface area contributed by atoms with E-state index in [0.29, 0.717) is 19.6 Å². The van der Waals surface area contributed by atoms with Crippen molar-refractivity contribution in [1.29, 1.82) is 0 Å². The van der Waals surface area contributed by atoms with Gasteiger partial charge in [0.2, 0.25) is 5.91 Å². The molecule has 3 N–H and O–H groups in total. The highest BCUT2D eigenvalue weighted by Crippen LogP contribution is 1.91. The summed E-state index contributed by atoms with van der Waals surface area (Å²) in [6, 6.07) is 0. The molecule has 4 heteroatoms. The van der Waals surface area contributed by atoms with Gasteiger partial charge in [-0.15, -0.1) is 6.58 Å². The fourth-order valence-electron chi connectivity index (χ4n) is 0.992. The third kappa shape index (κ3) is 9.22. The van der Waals surface area contributed by atoms with Crippen LogP contribution >= 0.6 is 0 Å². The summed E-state index contributed by atoms with van der Waals surface area (Å²) in [6.07, 6.45) is 4.41. The Labute approximate surface area is 85.4 Å². The number of aliphatic hydroxyl groups is 1. The first kappa shape index (κ1) is 13.1. The van der Waals surface area contributed by atoms with Crippen LogP contribution in [0.3, 0.4) is 0 Å². The van der Waals surface area contributed by atoms with E-state index in [0.717, 1.165) is 19.3 Å². The molecule has 0 aromatic carbocycles. The van der Waals surface area contributed by atoms with Crippen LogP contribution in [-0.4, -0.2) is 37.3 Å². The molecule has 0 radical (unpaired) electrons. The minimum absolute atomic E-state index is 0.0100. The van der Waals surface area contributed by atoms with Gasteiger partial charge in [0.05, 0.1) is 6.54 Å². The van der Waals surface area contributed by atoms with E-state index in [-0.39, 0.29) is 12.5 Å². The van der Waals surface area contributed by atoms with Crippen molar-refractivity contribution in [1.82, 2.24) is 10.6 Å². The molecule has 0 saturated carbocycles. The maximum atomic E-state index is 11.1. The topological polar surface area (TPSA) is 61.4 Å². The molecule has 0 bridgehead atoms. The standard InChI is InChI=1S/C10H20N2O2/c1-2-6-11-9-10(14)12-7-4-3-5-8-13/h2,11,13H,1,3-9H2,(H,12,14). The minimum atomic E-state index is 0.0100. The lowest BCUT2D eigenvalue weighted by Gasteiger charge is -2.04. The first-order valence-electron chi connectivity index (χ1n) is 5.00. The molecule has 0 aliphatic carbocycles. The van der Waals surface area contributed by atoms with E-state index in [1.54, 1.807) is 6.08 Å². The summed E-state index contributed by atoms with van der Waals surface area (Å²) in [4.78, 5) is 11.1. The molecule has 0 unspecified atom stereocenters. The highest BCUT2D eigenvalue weighted by Gasteiger charge is 1.97. The van der Waals surface area contributed by atoms with E-state index >= 15 is 0 Å². The van der Waals surface area contributed by atoms with E-state index < -0.39 is 0 Å². The maximum absolute atomic E-state index is 11.1. The zero-order valence-corrected chi connectivity index (χ0v) is 8.59. The maximum Gasteiger partial charge on any atom is 0.233 e. The molecule has 0 spiro atoms. The zero-order chi connectivity index (χ0) is 10.6. The Morgan fingerprint density at radius 3 is 2.79 bits per heavy atom. The first-order chi connectivity index (χ1) is 6.81. The van der Waals surface area contributed by atoms with Crippen molar-refractivity contribution in [2.75, 3.05) is 26.2 Å². The number of unbranched alkanes of at least 4 members (excludes halogenated alkanes) is 2. The number of carbonyl (C=O) groups excluding carboxylic acids is 1. The fourth-order valence-corrected chi connectivity index (χ4v) is 0.992. The summed E-state index contributed by atoms with van der Waals surface area (Å²) >= 11 is 0. The van der Waals surface area contributed by atoms with Gasteiger partial charge in [0.15, 0.2) is 0 Å². The molecular formula is C10H20N2O2. The third-order valence-electron chi connectivity index (χ3n) is 1.73. The number of rotatable bonds is 9. The van der Waals surface area contributed by atoms with Crippen LogP contribution in [0.2, 0.25) is 0 Å². The molecule has 4 nitrogen and oxygen atoms in total. The van der Waals surface area contributed by atoms with Crippen molar-refractivity contribution in [3.63, 3.8) is 0 Å². The van der Waals surface area contributed by atoms with Crippen LogP contribution < -0.4 is 10.6 Å². The molecule has 0 rings (SSSR count). The van der Waals surface area contributed by atoms with Crippen molar-refractivity contribution in [2.45, 2.75) is 19.3 Å². The Balaban J connectivity index is 3.14. The van der Waals surface area contributed by atoms with Crippen LogP contribution in [0, 0.1) is 0 Å². The number of nitrogens with one attached hydrogen (secondary N) is 2. The van der Waals surface area contributed by atoms with Gasteiger partial charge in [-0.25, -0.2) is 0 Å². The summed E-state index contributed by atoms with van der Waals surface area (Å²) < 4.78 is 0. The van der Waals surface area contributed by atoms with Crippen LogP contribution in [0.25, 0.3) is 0 Å². The SMILES string of the molecule is C=CCNCC(=O)NCCCCCO. The summed E-state index contributed by atoms with van der Waals surface area (Å²) in [5.74, 6) is 0.0100. The quantitative estimate of drug-likeness (QED) is 0.364. The van der Waals surface area contributed by atoms with E-state index in [1.165, 1.54) is 0 Å². The van der Waals surface area contributed by atoms with Crippen LogP contribution in [0.15, 0.2) is 12.7 Å². The molecule has 0 saturated heterocycles. The third-order valence-corrected chi connectivity index (χ3v) is 1.73. The van der Waals surface area contributed by atoms with E-state index in [4.69, 9.17) is 5.11 Å². The molecule has 0 aliphatic rings. The number of hydrogen-bond acceptors (Lipinski definition) is 3. The van der Waals surface area contributed by atoms with Crippen molar-refractivity contribution in [3.05, 3.63) is 12.7 Å². The predicted octanol–water partition coefficient (Wildman–Crippen LogP) is 0.0408. The van der Waals surface area contributed by atoms with Crippen molar-refractivity contribution >= 4 is 5.91 Å². The largest absolute Gasteiger partial charge is 0.396 e. The van der Waals surface area contributed by atoms with Gasteiger partial charge in [-0.05, 0) is 19.3 Å². The van der Waals surface area contributed by atoms with Gasteiger partial charge in [-0.2, -0.15) is 0 Å².